The topological polar surface area (TPSA) is 0 Å². The smallest absolute Gasteiger partial charge is 0.0843 e. The molecule has 0 saturated carbocycles. The van der Waals surface area contributed by atoms with Crippen molar-refractivity contribution in [2.24, 2.45) is 0 Å². The molecule has 0 bridgehead atoms. The molecule has 0 nitrogen and oxygen atoms in total. The second-order valence-corrected chi connectivity index (χ2v) is 8.37. The highest BCUT2D eigenvalue weighted by Gasteiger charge is 2.13. The number of rotatable bonds is 3. The Morgan fingerprint density at radius 2 is 1.82 bits per heavy atom. The van der Waals surface area contributed by atoms with Crippen LogP contribution in [-0.4, -0.2) is 0 Å². The van der Waals surface area contributed by atoms with Gasteiger partial charge in [-0.3, -0.25) is 0 Å². The maximum absolute atomic E-state index is 5.87. The van der Waals surface area contributed by atoms with Crippen molar-refractivity contribution in [3.8, 4) is 0 Å². The van der Waals surface area contributed by atoms with Crippen molar-refractivity contribution >= 4 is 70.7 Å². The molecule has 1 aromatic carbocycles. The SMILES string of the molecule is Clc1ccc(CC(Br)c2cc(Br)c(Br)s2)cc1. The fourth-order valence-corrected chi connectivity index (χ4v) is 4.43. The maximum Gasteiger partial charge on any atom is 0.0843 e. The number of hydrogen-bond donors (Lipinski definition) is 0. The van der Waals surface area contributed by atoms with Crippen molar-refractivity contribution < 1.29 is 0 Å². The molecule has 0 aliphatic heterocycles. The number of hydrogen-bond acceptors (Lipinski definition) is 1. The molecule has 0 spiro atoms. The normalized spacial score (nSPS) is 12.7. The van der Waals surface area contributed by atoms with E-state index in [-0.39, 0.29) is 0 Å². The Bertz CT molecular complexity index is 487. The lowest BCUT2D eigenvalue weighted by Crippen LogP contribution is -1.92. The molecule has 0 aliphatic carbocycles. The van der Waals surface area contributed by atoms with E-state index in [1.807, 2.05) is 12.1 Å². The molecule has 2 aromatic rings. The highest BCUT2D eigenvalue weighted by molar-refractivity contribution is 9.13. The van der Waals surface area contributed by atoms with Gasteiger partial charge in [-0.2, -0.15) is 0 Å². The Morgan fingerprint density at radius 3 is 2.35 bits per heavy atom. The van der Waals surface area contributed by atoms with Crippen LogP contribution in [0.5, 0.6) is 0 Å². The van der Waals surface area contributed by atoms with Gasteiger partial charge in [0.15, 0.2) is 0 Å². The molecule has 1 unspecified atom stereocenters. The number of benzene rings is 1. The van der Waals surface area contributed by atoms with Crippen molar-refractivity contribution in [2.75, 3.05) is 0 Å². The first-order valence-electron chi connectivity index (χ1n) is 4.89. The van der Waals surface area contributed by atoms with Crippen molar-refractivity contribution in [1.29, 1.82) is 0 Å². The quantitative estimate of drug-likeness (QED) is 0.454. The van der Waals surface area contributed by atoms with Crippen LogP contribution in [0.4, 0.5) is 0 Å². The van der Waals surface area contributed by atoms with Crippen LogP contribution in [0.25, 0.3) is 0 Å². The van der Waals surface area contributed by atoms with Gasteiger partial charge in [0.05, 0.1) is 8.61 Å². The molecule has 1 heterocycles. The van der Waals surface area contributed by atoms with Crippen LogP contribution < -0.4 is 0 Å². The van der Waals surface area contributed by atoms with Gasteiger partial charge in [-0.15, -0.1) is 11.3 Å². The van der Waals surface area contributed by atoms with E-state index in [1.165, 1.54) is 10.4 Å². The molecule has 1 atom stereocenters. The highest BCUT2D eigenvalue weighted by Crippen LogP contribution is 2.39. The second kappa shape index (κ2) is 6.20. The fourth-order valence-electron chi connectivity index (χ4n) is 1.45. The van der Waals surface area contributed by atoms with E-state index in [4.69, 9.17) is 11.6 Å². The predicted molar refractivity (Wildman–Crippen MR) is 86.5 cm³/mol. The van der Waals surface area contributed by atoms with E-state index in [0.717, 1.165) is 19.7 Å². The van der Waals surface area contributed by atoms with Crippen LogP contribution in [0.2, 0.25) is 5.02 Å². The first-order valence-corrected chi connectivity index (χ1v) is 8.59. The standard InChI is InChI=1S/C12H8Br3ClS/c13-9(11-6-10(14)12(15)17-11)5-7-1-3-8(16)4-2-7/h1-4,6,9H,5H2. The molecule has 1 aromatic heterocycles. The lowest BCUT2D eigenvalue weighted by atomic mass is 10.1. The van der Waals surface area contributed by atoms with Gasteiger partial charge in [0.2, 0.25) is 0 Å². The molecule has 0 fully saturated rings. The lowest BCUT2D eigenvalue weighted by molar-refractivity contribution is 0.969. The third-order valence-electron chi connectivity index (χ3n) is 2.30. The van der Waals surface area contributed by atoms with Gasteiger partial charge in [0.1, 0.15) is 0 Å². The van der Waals surface area contributed by atoms with Gasteiger partial charge in [0.25, 0.3) is 0 Å². The van der Waals surface area contributed by atoms with E-state index < -0.39 is 0 Å². The van der Waals surface area contributed by atoms with E-state index >= 15 is 0 Å². The van der Waals surface area contributed by atoms with E-state index in [9.17, 15) is 0 Å². The molecule has 90 valence electrons. The van der Waals surface area contributed by atoms with E-state index in [1.54, 1.807) is 11.3 Å². The molecule has 0 amide bonds. The Kier molecular flexibility index (Phi) is 5.13. The molecule has 0 radical (unpaired) electrons. The molecular weight excluding hydrogens is 451 g/mol. The summed E-state index contributed by atoms with van der Waals surface area (Å²) < 4.78 is 2.24. The average molecular weight is 459 g/mol. The van der Waals surface area contributed by atoms with Gasteiger partial charge >= 0.3 is 0 Å². The third-order valence-corrected chi connectivity index (χ3v) is 7.04. The van der Waals surface area contributed by atoms with Gasteiger partial charge in [0, 0.05) is 14.4 Å². The first kappa shape index (κ1) is 14.1. The summed E-state index contributed by atoms with van der Waals surface area (Å²) in [7, 11) is 0. The van der Waals surface area contributed by atoms with Crippen molar-refractivity contribution in [1.82, 2.24) is 0 Å². The summed E-state index contributed by atoms with van der Waals surface area (Å²) in [6.07, 6.45) is 0.955. The molecule has 2 rings (SSSR count). The zero-order valence-electron chi connectivity index (χ0n) is 8.59. The van der Waals surface area contributed by atoms with E-state index in [0.29, 0.717) is 4.83 Å². The summed E-state index contributed by atoms with van der Waals surface area (Å²) in [4.78, 5) is 1.63. The minimum absolute atomic E-state index is 0.330. The molecule has 0 N–H and O–H groups in total. The summed E-state index contributed by atoms with van der Waals surface area (Å²) >= 11 is 18.4. The van der Waals surface area contributed by atoms with Gasteiger partial charge in [-0.1, -0.05) is 39.7 Å². The summed E-state index contributed by atoms with van der Waals surface area (Å²) in [5.74, 6) is 0. The summed E-state index contributed by atoms with van der Waals surface area (Å²) in [5, 5.41) is 0.779. The minimum atomic E-state index is 0.330. The van der Waals surface area contributed by atoms with Crippen LogP contribution >= 0.6 is 70.7 Å². The zero-order valence-corrected chi connectivity index (χ0v) is 14.9. The van der Waals surface area contributed by atoms with Crippen molar-refractivity contribution in [3.05, 3.63) is 54.1 Å². The molecule has 0 aliphatic rings. The predicted octanol–water partition coefficient (Wildman–Crippen LogP) is 6.61. The molecule has 5 heteroatoms. The summed E-state index contributed by atoms with van der Waals surface area (Å²) in [5.41, 5.74) is 1.27. The van der Waals surface area contributed by atoms with Gasteiger partial charge < -0.3 is 0 Å². The third kappa shape index (κ3) is 3.80. The number of thiophene rings is 1. The summed E-state index contributed by atoms with van der Waals surface area (Å²) in [6.45, 7) is 0. The van der Waals surface area contributed by atoms with Crippen molar-refractivity contribution in [2.45, 2.75) is 11.2 Å². The highest BCUT2D eigenvalue weighted by atomic mass is 79.9. The number of alkyl halides is 1. The Morgan fingerprint density at radius 1 is 1.18 bits per heavy atom. The zero-order chi connectivity index (χ0) is 12.4. The number of halogens is 4. The largest absolute Gasteiger partial charge is 0.131 e. The average Bonchev–Trinajstić information content (AvgIpc) is 2.63. The van der Waals surface area contributed by atoms with Crippen molar-refractivity contribution in [3.63, 3.8) is 0 Å². The molecule has 0 saturated heterocycles. The van der Waals surface area contributed by atoms with Crippen LogP contribution in [0.1, 0.15) is 15.3 Å². The molecule has 17 heavy (non-hydrogen) atoms. The summed E-state index contributed by atoms with van der Waals surface area (Å²) in [6, 6.07) is 10.1. The van der Waals surface area contributed by atoms with Crippen LogP contribution in [0, 0.1) is 0 Å². The fraction of sp³-hybridized carbons (Fsp3) is 0.167. The monoisotopic (exact) mass is 456 g/mol. The van der Waals surface area contributed by atoms with Gasteiger partial charge in [-0.25, -0.2) is 0 Å². The second-order valence-electron chi connectivity index (χ2n) is 3.57. The van der Waals surface area contributed by atoms with Crippen LogP contribution in [0.15, 0.2) is 38.6 Å². The van der Waals surface area contributed by atoms with E-state index in [2.05, 4.69) is 66.0 Å². The maximum atomic E-state index is 5.87. The Hall–Kier alpha value is 0.650. The van der Waals surface area contributed by atoms with Crippen LogP contribution in [0.3, 0.4) is 0 Å². The van der Waals surface area contributed by atoms with Crippen LogP contribution in [-0.2, 0) is 6.42 Å². The minimum Gasteiger partial charge on any atom is -0.131 e. The van der Waals surface area contributed by atoms with Gasteiger partial charge in [-0.05, 0) is 62.0 Å². The first-order chi connectivity index (χ1) is 8.06. The molecular formula is C12H8Br3ClS. The Balaban J connectivity index is 2.11. The Labute approximate surface area is 135 Å². The lowest BCUT2D eigenvalue weighted by Gasteiger charge is -2.07.